The summed E-state index contributed by atoms with van der Waals surface area (Å²) in [5.74, 6) is 1.69. The van der Waals surface area contributed by atoms with E-state index in [1.165, 1.54) is 0 Å². The molecule has 3 heteroatoms. The fourth-order valence-corrected chi connectivity index (χ4v) is 0.845. The third-order valence-electron chi connectivity index (χ3n) is 1.28. The number of halogens is 1. The third kappa shape index (κ3) is 1.61. The van der Waals surface area contributed by atoms with Crippen molar-refractivity contribution in [3.05, 3.63) is 24.3 Å². The monoisotopic (exact) mass is 156 g/mol. The molecule has 60 valence electrons. The van der Waals surface area contributed by atoms with Crippen LogP contribution in [0.15, 0.2) is 24.3 Å². The third-order valence-corrected chi connectivity index (χ3v) is 1.28. The van der Waals surface area contributed by atoms with E-state index in [0.29, 0.717) is 14.0 Å². The number of rotatable bonds is 0. The smallest absolute Gasteiger partial charge is 0.231 e. The van der Waals surface area contributed by atoms with Crippen molar-refractivity contribution in [1.82, 2.24) is 0 Å². The zero-order valence-electron chi connectivity index (χ0n) is 6.21. The summed E-state index contributed by atoms with van der Waals surface area (Å²) in [4.78, 5) is 0. The van der Waals surface area contributed by atoms with Crippen LogP contribution in [0.2, 0.25) is 0 Å². The van der Waals surface area contributed by atoms with Gasteiger partial charge >= 0.3 is 0 Å². The van der Waals surface area contributed by atoms with Crippen molar-refractivity contribution in [2.45, 2.75) is 0 Å². The van der Waals surface area contributed by atoms with Crippen LogP contribution in [0.3, 0.4) is 0 Å². The van der Waals surface area contributed by atoms with E-state index in [9.17, 15) is 4.39 Å². The van der Waals surface area contributed by atoms with Crippen LogP contribution in [-0.2, 0) is 0 Å². The Morgan fingerprint density at radius 2 is 1.55 bits per heavy atom. The van der Waals surface area contributed by atoms with E-state index < -0.39 is 0 Å². The van der Waals surface area contributed by atoms with Crippen molar-refractivity contribution < 1.29 is 13.9 Å². The van der Waals surface area contributed by atoms with Crippen LogP contribution in [0.5, 0.6) is 11.5 Å². The molecule has 0 saturated heterocycles. The van der Waals surface area contributed by atoms with Gasteiger partial charge in [0, 0.05) is 0 Å². The van der Waals surface area contributed by atoms with Crippen LogP contribution in [0, 0.1) is 0 Å². The Labute approximate surface area is 64.6 Å². The second kappa shape index (κ2) is 3.81. The molecule has 1 aliphatic heterocycles. The fraction of sp³-hybridized carbons (Fsp3) is 0.250. The highest BCUT2D eigenvalue weighted by molar-refractivity contribution is 5.40. The van der Waals surface area contributed by atoms with Gasteiger partial charge in [-0.2, -0.15) is 0 Å². The molecule has 0 N–H and O–H groups in total. The summed E-state index contributed by atoms with van der Waals surface area (Å²) in [6.07, 6.45) is 0. The van der Waals surface area contributed by atoms with E-state index in [0.717, 1.165) is 11.5 Å². The molecule has 2 rings (SSSR count). The maximum absolute atomic E-state index is 9.50. The van der Waals surface area contributed by atoms with Gasteiger partial charge in [-0.25, -0.2) is 0 Å². The summed E-state index contributed by atoms with van der Waals surface area (Å²) < 4.78 is 19.7. The van der Waals surface area contributed by atoms with Gasteiger partial charge < -0.3 is 9.47 Å². The quantitative estimate of drug-likeness (QED) is 0.572. The van der Waals surface area contributed by atoms with Crippen molar-refractivity contribution in [1.29, 1.82) is 0 Å². The molecule has 0 radical (unpaired) electrons. The Kier molecular flexibility index (Phi) is 2.72. The number of hydrogen-bond donors (Lipinski definition) is 0. The molecule has 0 aliphatic carbocycles. The standard InChI is InChI=1S/C7H6O2.CH3F/c1-2-4-7-6(3-1)8-5-9-7;1-2/h1-4H,5H2;1H3. The summed E-state index contributed by atoms with van der Waals surface area (Å²) >= 11 is 0. The number of fused-ring (bicyclic) bond motifs is 1. The predicted molar refractivity (Wildman–Crippen MR) is 39.6 cm³/mol. The molecular weight excluding hydrogens is 147 g/mol. The lowest BCUT2D eigenvalue weighted by Gasteiger charge is -1.89. The average molecular weight is 156 g/mol. The molecule has 0 aromatic heterocycles. The molecule has 2 nitrogen and oxygen atoms in total. The van der Waals surface area contributed by atoms with Crippen molar-refractivity contribution in [3.63, 3.8) is 0 Å². The number of alkyl halides is 1. The second-order valence-electron chi connectivity index (χ2n) is 1.85. The Morgan fingerprint density at radius 1 is 1.09 bits per heavy atom. The summed E-state index contributed by atoms with van der Waals surface area (Å²) in [6, 6.07) is 7.63. The molecule has 0 unspecified atom stereocenters. The van der Waals surface area contributed by atoms with Crippen LogP contribution < -0.4 is 9.47 Å². The summed E-state index contributed by atoms with van der Waals surface area (Å²) in [6.45, 7) is 0.360. The molecule has 0 spiro atoms. The van der Waals surface area contributed by atoms with Gasteiger partial charge in [0.15, 0.2) is 11.5 Å². The topological polar surface area (TPSA) is 18.5 Å². The lowest BCUT2D eigenvalue weighted by atomic mass is 10.3. The van der Waals surface area contributed by atoms with Crippen molar-refractivity contribution in [2.24, 2.45) is 0 Å². The van der Waals surface area contributed by atoms with Gasteiger partial charge in [0.1, 0.15) is 0 Å². The highest BCUT2D eigenvalue weighted by Crippen LogP contribution is 2.30. The van der Waals surface area contributed by atoms with Crippen LogP contribution in [0.25, 0.3) is 0 Å². The van der Waals surface area contributed by atoms with E-state index in [4.69, 9.17) is 9.47 Å². The van der Waals surface area contributed by atoms with E-state index in [2.05, 4.69) is 0 Å². The molecule has 0 atom stereocenters. The number of hydrogen-bond acceptors (Lipinski definition) is 2. The van der Waals surface area contributed by atoms with Crippen molar-refractivity contribution in [3.8, 4) is 11.5 Å². The van der Waals surface area contributed by atoms with Gasteiger partial charge in [-0.05, 0) is 12.1 Å². The number of ether oxygens (including phenoxy) is 2. The summed E-state index contributed by atoms with van der Waals surface area (Å²) in [5.41, 5.74) is 0. The van der Waals surface area contributed by atoms with Gasteiger partial charge in [0.05, 0.1) is 7.18 Å². The van der Waals surface area contributed by atoms with Gasteiger partial charge in [-0.3, -0.25) is 4.39 Å². The Hall–Kier alpha value is -1.25. The van der Waals surface area contributed by atoms with E-state index in [-0.39, 0.29) is 0 Å². The van der Waals surface area contributed by atoms with Gasteiger partial charge in [-0.15, -0.1) is 0 Å². The maximum atomic E-state index is 9.50. The first-order chi connectivity index (χ1) is 5.47. The average Bonchev–Trinajstić information content (AvgIpc) is 2.55. The predicted octanol–water partition coefficient (Wildman–Crippen LogP) is 2.00. The molecular formula is C8H9FO2. The van der Waals surface area contributed by atoms with Crippen LogP contribution >= 0.6 is 0 Å². The van der Waals surface area contributed by atoms with Crippen molar-refractivity contribution in [2.75, 3.05) is 14.0 Å². The fourth-order valence-electron chi connectivity index (χ4n) is 0.845. The Bertz CT molecular complexity index is 202. The molecule has 0 saturated carbocycles. The zero-order valence-corrected chi connectivity index (χ0v) is 6.21. The highest BCUT2D eigenvalue weighted by atomic mass is 19.1. The Balaban J connectivity index is 0.000000281. The maximum Gasteiger partial charge on any atom is 0.231 e. The lowest BCUT2D eigenvalue weighted by Crippen LogP contribution is -1.92. The number of benzene rings is 1. The zero-order chi connectivity index (χ0) is 8.10. The molecule has 0 fully saturated rings. The van der Waals surface area contributed by atoms with Gasteiger partial charge in [0.2, 0.25) is 6.79 Å². The molecule has 1 aromatic rings. The lowest BCUT2D eigenvalue weighted by molar-refractivity contribution is 0.174. The Morgan fingerprint density at radius 3 is 2.00 bits per heavy atom. The SMILES string of the molecule is CF.c1ccc2c(c1)OCO2. The number of para-hydroxylation sites is 2. The first-order valence-electron chi connectivity index (χ1n) is 3.19. The second-order valence-corrected chi connectivity index (χ2v) is 1.85. The van der Waals surface area contributed by atoms with Crippen LogP contribution in [0.1, 0.15) is 0 Å². The minimum Gasteiger partial charge on any atom is -0.454 e. The minimum atomic E-state index is 0.360. The summed E-state index contributed by atoms with van der Waals surface area (Å²) in [5, 5.41) is 0. The van der Waals surface area contributed by atoms with E-state index >= 15 is 0 Å². The molecule has 0 amide bonds. The molecule has 11 heavy (non-hydrogen) atoms. The molecule has 1 aliphatic rings. The molecule has 1 aromatic carbocycles. The van der Waals surface area contributed by atoms with Crippen LogP contribution in [-0.4, -0.2) is 14.0 Å². The first kappa shape index (κ1) is 7.85. The molecule has 0 bridgehead atoms. The minimum absolute atomic E-state index is 0.360. The summed E-state index contributed by atoms with van der Waals surface area (Å²) in [7, 11) is 0.500. The first-order valence-corrected chi connectivity index (χ1v) is 3.19. The van der Waals surface area contributed by atoms with Crippen molar-refractivity contribution >= 4 is 0 Å². The normalized spacial score (nSPS) is 11.8. The van der Waals surface area contributed by atoms with Gasteiger partial charge in [0.25, 0.3) is 0 Å². The molecule has 1 heterocycles. The van der Waals surface area contributed by atoms with Gasteiger partial charge in [-0.1, -0.05) is 12.1 Å². The largest absolute Gasteiger partial charge is 0.454 e. The van der Waals surface area contributed by atoms with E-state index in [1.54, 1.807) is 0 Å². The van der Waals surface area contributed by atoms with E-state index in [1.807, 2.05) is 24.3 Å². The highest BCUT2D eigenvalue weighted by Gasteiger charge is 2.09. The van der Waals surface area contributed by atoms with Crippen LogP contribution in [0.4, 0.5) is 4.39 Å².